The van der Waals surface area contributed by atoms with Crippen molar-refractivity contribution in [3.8, 4) is 0 Å². The molecule has 1 aliphatic carbocycles. The van der Waals surface area contributed by atoms with Gasteiger partial charge in [0.05, 0.1) is 11.4 Å². The van der Waals surface area contributed by atoms with Crippen molar-refractivity contribution < 1.29 is 4.79 Å². The fourth-order valence-electron chi connectivity index (χ4n) is 2.75. The summed E-state index contributed by atoms with van der Waals surface area (Å²) in [5.74, 6) is 0.590. The van der Waals surface area contributed by atoms with Crippen molar-refractivity contribution >= 4 is 23.0 Å². The largest absolute Gasteiger partial charge is 0.397 e. The summed E-state index contributed by atoms with van der Waals surface area (Å²) >= 11 is 0. The second-order valence-corrected chi connectivity index (χ2v) is 5.42. The summed E-state index contributed by atoms with van der Waals surface area (Å²) in [5, 5.41) is 3.21. The van der Waals surface area contributed by atoms with E-state index in [9.17, 15) is 9.59 Å². The topological polar surface area (TPSA) is 94.4 Å². The van der Waals surface area contributed by atoms with E-state index < -0.39 is 0 Å². The van der Waals surface area contributed by atoms with Gasteiger partial charge in [0.15, 0.2) is 17.3 Å². The first kappa shape index (κ1) is 14.4. The predicted octanol–water partition coefficient (Wildman–Crippen LogP) is 0.929. The number of nitrogens with two attached hydrogens (primary N) is 1. The lowest BCUT2D eigenvalue weighted by Crippen LogP contribution is -2.19. The van der Waals surface area contributed by atoms with Crippen LogP contribution >= 0.6 is 0 Å². The Bertz CT molecular complexity index is 792. The SMILES string of the molecule is CCNc1c(/N=C2\C=C(C)C(=O)C=C2N)c(=O)n2n1CCC2. The van der Waals surface area contributed by atoms with Crippen LogP contribution in [0.15, 0.2) is 33.2 Å². The van der Waals surface area contributed by atoms with E-state index in [-0.39, 0.29) is 17.0 Å². The molecule has 2 aliphatic rings. The van der Waals surface area contributed by atoms with Gasteiger partial charge in [-0.3, -0.25) is 14.3 Å². The number of nitrogens with one attached hydrogen (secondary N) is 1. The summed E-state index contributed by atoms with van der Waals surface area (Å²) in [7, 11) is 0. The molecule has 2 heterocycles. The first-order chi connectivity index (χ1) is 10.5. The first-order valence-electron chi connectivity index (χ1n) is 7.39. The number of aromatic nitrogens is 2. The Kier molecular flexibility index (Phi) is 3.48. The molecular formula is C15H19N5O2. The highest BCUT2D eigenvalue weighted by atomic mass is 16.1. The number of ketones is 1. The van der Waals surface area contributed by atoms with E-state index in [0.717, 1.165) is 13.0 Å². The van der Waals surface area contributed by atoms with Gasteiger partial charge in [0, 0.05) is 25.7 Å². The van der Waals surface area contributed by atoms with E-state index in [0.29, 0.717) is 35.9 Å². The third-order valence-electron chi connectivity index (χ3n) is 3.85. The molecule has 0 atom stereocenters. The van der Waals surface area contributed by atoms with Gasteiger partial charge in [-0.15, -0.1) is 0 Å². The summed E-state index contributed by atoms with van der Waals surface area (Å²) < 4.78 is 3.62. The van der Waals surface area contributed by atoms with Gasteiger partial charge in [-0.2, -0.15) is 0 Å². The maximum absolute atomic E-state index is 12.5. The second-order valence-electron chi connectivity index (χ2n) is 5.42. The zero-order chi connectivity index (χ0) is 15.9. The number of carbonyl (C=O) groups excluding carboxylic acids is 1. The van der Waals surface area contributed by atoms with Crippen LogP contribution in [-0.4, -0.2) is 27.4 Å². The molecule has 3 rings (SSSR count). The highest BCUT2D eigenvalue weighted by Gasteiger charge is 2.24. The van der Waals surface area contributed by atoms with Gasteiger partial charge in [-0.1, -0.05) is 0 Å². The fraction of sp³-hybridized carbons (Fsp3) is 0.400. The van der Waals surface area contributed by atoms with Crippen molar-refractivity contribution in [3.05, 3.63) is 33.8 Å². The molecule has 0 fully saturated rings. The number of hydrogen-bond donors (Lipinski definition) is 2. The standard InChI is InChI=1S/C15H19N5O2/c1-3-17-14-13(15(22)20-6-4-5-19(14)20)18-11-7-9(2)12(21)8-10(11)16/h7-8,17H,3-6,16H2,1-2H3/b18-11+. The van der Waals surface area contributed by atoms with Crippen LogP contribution < -0.4 is 16.6 Å². The number of anilines is 1. The van der Waals surface area contributed by atoms with Gasteiger partial charge in [0.25, 0.3) is 5.56 Å². The Morgan fingerprint density at radius 1 is 1.27 bits per heavy atom. The normalized spacial score (nSPS) is 19.2. The summed E-state index contributed by atoms with van der Waals surface area (Å²) in [6.07, 6.45) is 3.92. The van der Waals surface area contributed by atoms with Crippen molar-refractivity contribution in [2.24, 2.45) is 10.7 Å². The minimum atomic E-state index is -0.128. The molecule has 7 nitrogen and oxygen atoms in total. The third kappa shape index (κ3) is 2.18. The summed E-state index contributed by atoms with van der Waals surface area (Å²) in [6, 6.07) is 0. The summed E-state index contributed by atoms with van der Waals surface area (Å²) in [4.78, 5) is 28.6. The maximum atomic E-state index is 12.5. The van der Waals surface area contributed by atoms with Crippen molar-refractivity contribution in [2.75, 3.05) is 11.9 Å². The molecule has 1 aromatic heterocycles. The van der Waals surface area contributed by atoms with Crippen LogP contribution in [0.2, 0.25) is 0 Å². The molecule has 0 radical (unpaired) electrons. The molecule has 0 saturated carbocycles. The molecule has 1 aromatic rings. The molecule has 0 bridgehead atoms. The van der Waals surface area contributed by atoms with E-state index in [2.05, 4.69) is 10.3 Å². The second kappa shape index (κ2) is 5.32. The molecule has 0 spiro atoms. The fourth-order valence-corrected chi connectivity index (χ4v) is 2.75. The van der Waals surface area contributed by atoms with Crippen molar-refractivity contribution in [3.63, 3.8) is 0 Å². The zero-order valence-corrected chi connectivity index (χ0v) is 12.7. The molecule has 0 saturated heterocycles. The molecule has 22 heavy (non-hydrogen) atoms. The predicted molar refractivity (Wildman–Crippen MR) is 85.6 cm³/mol. The van der Waals surface area contributed by atoms with Crippen LogP contribution in [0.1, 0.15) is 20.3 Å². The lowest BCUT2D eigenvalue weighted by molar-refractivity contribution is -0.111. The van der Waals surface area contributed by atoms with Gasteiger partial charge in [0.1, 0.15) is 0 Å². The van der Waals surface area contributed by atoms with Crippen molar-refractivity contribution in [1.29, 1.82) is 0 Å². The monoisotopic (exact) mass is 301 g/mol. The molecule has 0 unspecified atom stereocenters. The summed E-state index contributed by atoms with van der Waals surface area (Å²) in [6.45, 7) is 5.86. The minimum Gasteiger partial charge on any atom is -0.397 e. The summed E-state index contributed by atoms with van der Waals surface area (Å²) in [5.41, 5.74) is 7.40. The minimum absolute atomic E-state index is 0.126. The van der Waals surface area contributed by atoms with E-state index in [1.165, 1.54) is 6.08 Å². The number of nitrogens with zero attached hydrogens (tertiary/aromatic N) is 3. The Morgan fingerprint density at radius 3 is 2.73 bits per heavy atom. The average Bonchev–Trinajstić information content (AvgIpc) is 3.03. The van der Waals surface area contributed by atoms with E-state index in [4.69, 9.17) is 5.73 Å². The van der Waals surface area contributed by atoms with Gasteiger partial charge in [0.2, 0.25) is 0 Å². The Balaban J connectivity index is 2.14. The molecule has 1 aliphatic heterocycles. The van der Waals surface area contributed by atoms with E-state index >= 15 is 0 Å². The van der Waals surface area contributed by atoms with E-state index in [1.54, 1.807) is 17.7 Å². The third-order valence-corrected chi connectivity index (χ3v) is 3.85. The molecule has 0 aromatic carbocycles. The number of rotatable bonds is 3. The number of allylic oxidation sites excluding steroid dienone is 3. The van der Waals surface area contributed by atoms with Gasteiger partial charge in [-0.25, -0.2) is 9.67 Å². The van der Waals surface area contributed by atoms with Gasteiger partial charge >= 0.3 is 0 Å². The smallest absolute Gasteiger partial charge is 0.294 e. The van der Waals surface area contributed by atoms with Crippen molar-refractivity contribution in [2.45, 2.75) is 33.4 Å². The van der Waals surface area contributed by atoms with Crippen LogP contribution in [0, 0.1) is 0 Å². The van der Waals surface area contributed by atoms with Crippen LogP contribution in [0.25, 0.3) is 0 Å². The number of carbonyl (C=O) groups is 1. The first-order valence-corrected chi connectivity index (χ1v) is 7.39. The average molecular weight is 301 g/mol. The number of fused-ring (bicyclic) bond motifs is 1. The Hall–Kier alpha value is -2.57. The molecular weight excluding hydrogens is 282 g/mol. The Labute approximate surface area is 127 Å². The lowest BCUT2D eigenvalue weighted by Gasteiger charge is -2.10. The maximum Gasteiger partial charge on any atom is 0.294 e. The Morgan fingerprint density at radius 2 is 2.00 bits per heavy atom. The van der Waals surface area contributed by atoms with E-state index in [1.807, 2.05) is 11.6 Å². The van der Waals surface area contributed by atoms with Crippen LogP contribution in [0.3, 0.4) is 0 Å². The lowest BCUT2D eigenvalue weighted by atomic mass is 10.0. The number of hydrogen-bond acceptors (Lipinski definition) is 5. The molecule has 0 amide bonds. The van der Waals surface area contributed by atoms with Gasteiger partial charge in [-0.05, 0) is 31.9 Å². The molecule has 116 valence electrons. The number of aliphatic imine (C=N–C) groups is 1. The van der Waals surface area contributed by atoms with Crippen LogP contribution in [0.4, 0.5) is 11.5 Å². The van der Waals surface area contributed by atoms with Crippen LogP contribution in [0.5, 0.6) is 0 Å². The molecule has 7 heteroatoms. The zero-order valence-electron chi connectivity index (χ0n) is 12.7. The highest BCUT2D eigenvalue weighted by molar-refractivity contribution is 6.22. The van der Waals surface area contributed by atoms with Gasteiger partial charge < -0.3 is 11.1 Å². The van der Waals surface area contributed by atoms with Crippen LogP contribution in [-0.2, 0) is 17.9 Å². The van der Waals surface area contributed by atoms with Crippen molar-refractivity contribution in [1.82, 2.24) is 9.36 Å². The molecule has 3 N–H and O–H groups in total. The quantitative estimate of drug-likeness (QED) is 0.812. The highest BCUT2D eigenvalue weighted by Crippen LogP contribution is 2.26.